The van der Waals surface area contributed by atoms with Gasteiger partial charge < -0.3 is 10.8 Å². The van der Waals surface area contributed by atoms with Crippen LogP contribution in [0.4, 0.5) is 5.69 Å². The Labute approximate surface area is 77.6 Å². The van der Waals surface area contributed by atoms with E-state index in [-0.39, 0.29) is 5.56 Å². The van der Waals surface area contributed by atoms with Crippen LogP contribution in [0.25, 0.3) is 10.2 Å². The summed E-state index contributed by atoms with van der Waals surface area (Å²) in [6.45, 7) is 0. The van der Waals surface area contributed by atoms with Crippen LogP contribution in [0.15, 0.2) is 17.6 Å². The Morgan fingerprint density at radius 3 is 3.00 bits per heavy atom. The molecule has 0 amide bonds. The van der Waals surface area contributed by atoms with Gasteiger partial charge in [0.1, 0.15) is 0 Å². The van der Waals surface area contributed by atoms with E-state index >= 15 is 0 Å². The van der Waals surface area contributed by atoms with Gasteiger partial charge in [-0.05, 0) is 12.1 Å². The molecule has 0 radical (unpaired) electrons. The number of nitrogens with two attached hydrogens (primary N) is 1. The van der Waals surface area contributed by atoms with Gasteiger partial charge in [-0.1, -0.05) is 0 Å². The first kappa shape index (κ1) is 8.00. The number of thiazole rings is 1. The van der Waals surface area contributed by atoms with Crippen LogP contribution in [0, 0.1) is 0 Å². The van der Waals surface area contributed by atoms with Gasteiger partial charge >= 0.3 is 5.97 Å². The molecule has 0 atom stereocenters. The molecule has 0 aliphatic rings. The van der Waals surface area contributed by atoms with E-state index in [1.165, 1.54) is 17.4 Å². The van der Waals surface area contributed by atoms with Crippen LogP contribution < -0.4 is 5.73 Å². The lowest BCUT2D eigenvalue weighted by Crippen LogP contribution is -1.99. The number of aromatic nitrogens is 1. The second kappa shape index (κ2) is 2.70. The fraction of sp³-hybridized carbons (Fsp3) is 0. The summed E-state index contributed by atoms with van der Waals surface area (Å²) in [5, 5.41) is 8.83. The molecular formula is C8H6N2O2S. The fourth-order valence-corrected chi connectivity index (χ4v) is 1.90. The number of aromatic carboxylic acids is 1. The summed E-state index contributed by atoms with van der Waals surface area (Å²) >= 11 is 1.38. The van der Waals surface area contributed by atoms with Gasteiger partial charge in [-0.2, -0.15) is 0 Å². The lowest BCUT2D eigenvalue weighted by molar-refractivity contribution is 0.0699. The number of nitrogen functional groups attached to an aromatic ring is 1. The zero-order valence-electron chi connectivity index (χ0n) is 6.52. The van der Waals surface area contributed by atoms with Gasteiger partial charge in [0.2, 0.25) is 0 Å². The smallest absolute Gasteiger partial charge is 0.338 e. The average molecular weight is 194 g/mol. The third-order valence-corrected chi connectivity index (χ3v) is 2.47. The normalized spacial score (nSPS) is 10.5. The Kier molecular flexibility index (Phi) is 1.66. The van der Waals surface area contributed by atoms with E-state index in [0.29, 0.717) is 11.2 Å². The lowest BCUT2D eigenvalue weighted by Gasteiger charge is -1.97. The molecule has 0 aliphatic carbocycles. The van der Waals surface area contributed by atoms with Crippen molar-refractivity contribution in [3.05, 3.63) is 23.2 Å². The number of hydrogen-bond donors (Lipinski definition) is 2. The van der Waals surface area contributed by atoms with Crippen LogP contribution in [0.3, 0.4) is 0 Å². The fourth-order valence-electron chi connectivity index (χ4n) is 1.15. The van der Waals surface area contributed by atoms with Crippen LogP contribution in [0.1, 0.15) is 10.4 Å². The number of carboxylic acids is 1. The number of fused-ring (bicyclic) bond motifs is 1. The van der Waals surface area contributed by atoms with Crippen LogP contribution in [0.2, 0.25) is 0 Å². The van der Waals surface area contributed by atoms with Crippen molar-refractivity contribution in [3.8, 4) is 0 Å². The number of anilines is 1. The van der Waals surface area contributed by atoms with E-state index in [9.17, 15) is 4.79 Å². The Bertz CT molecular complexity index is 478. The summed E-state index contributed by atoms with van der Waals surface area (Å²) in [6, 6.07) is 3.14. The molecule has 2 rings (SSSR count). The molecule has 0 bridgehead atoms. The summed E-state index contributed by atoms with van der Waals surface area (Å²) in [5.41, 5.74) is 8.27. The lowest BCUT2D eigenvalue weighted by atomic mass is 10.2. The number of nitrogens with zero attached hydrogens (tertiary/aromatic N) is 1. The van der Waals surface area contributed by atoms with Gasteiger partial charge in [0.15, 0.2) is 0 Å². The van der Waals surface area contributed by atoms with Crippen LogP contribution in [-0.2, 0) is 0 Å². The maximum Gasteiger partial charge on any atom is 0.338 e. The van der Waals surface area contributed by atoms with Crippen molar-refractivity contribution in [1.29, 1.82) is 0 Å². The van der Waals surface area contributed by atoms with E-state index in [2.05, 4.69) is 4.98 Å². The largest absolute Gasteiger partial charge is 0.478 e. The van der Waals surface area contributed by atoms with Gasteiger partial charge in [-0.25, -0.2) is 9.78 Å². The van der Waals surface area contributed by atoms with Gasteiger partial charge in [0.05, 0.1) is 21.3 Å². The quantitative estimate of drug-likeness (QED) is 0.675. The molecule has 0 saturated carbocycles. The van der Waals surface area contributed by atoms with Crippen LogP contribution >= 0.6 is 11.3 Å². The van der Waals surface area contributed by atoms with Crippen molar-refractivity contribution >= 4 is 33.2 Å². The third-order valence-electron chi connectivity index (χ3n) is 1.69. The van der Waals surface area contributed by atoms with Gasteiger partial charge in [0.25, 0.3) is 0 Å². The van der Waals surface area contributed by atoms with E-state index in [0.717, 1.165) is 4.70 Å². The van der Waals surface area contributed by atoms with Crippen molar-refractivity contribution in [1.82, 2.24) is 4.98 Å². The topological polar surface area (TPSA) is 76.2 Å². The van der Waals surface area contributed by atoms with E-state index in [1.54, 1.807) is 11.6 Å². The van der Waals surface area contributed by atoms with Gasteiger partial charge in [0, 0.05) is 5.69 Å². The number of rotatable bonds is 1. The Morgan fingerprint density at radius 2 is 2.31 bits per heavy atom. The van der Waals surface area contributed by atoms with Crippen molar-refractivity contribution in [2.45, 2.75) is 0 Å². The van der Waals surface area contributed by atoms with E-state index < -0.39 is 5.97 Å². The van der Waals surface area contributed by atoms with Crippen LogP contribution in [-0.4, -0.2) is 16.1 Å². The minimum absolute atomic E-state index is 0.163. The Hall–Kier alpha value is -1.62. The SMILES string of the molecule is Nc1cc(C(=O)O)c2ncsc2c1. The summed E-state index contributed by atoms with van der Waals surface area (Å²) in [7, 11) is 0. The van der Waals surface area contributed by atoms with E-state index in [1.807, 2.05) is 0 Å². The van der Waals surface area contributed by atoms with Crippen molar-refractivity contribution in [2.24, 2.45) is 0 Å². The molecular weight excluding hydrogens is 188 g/mol. The molecule has 4 nitrogen and oxygen atoms in total. The molecule has 1 heterocycles. The second-order valence-corrected chi connectivity index (χ2v) is 3.46. The summed E-state index contributed by atoms with van der Waals surface area (Å²) in [5.74, 6) is -0.997. The molecule has 0 aliphatic heterocycles. The molecule has 1 aromatic heterocycles. The molecule has 0 spiro atoms. The molecule has 13 heavy (non-hydrogen) atoms. The molecule has 0 saturated heterocycles. The first-order valence-corrected chi connectivity index (χ1v) is 4.42. The molecule has 5 heteroatoms. The average Bonchev–Trinajstić information content (AvgIpc) is 2.49. The summed E-state index contributed by atoms with van der Waals surface area (Å²) in [4.78, 5) is 14.7. The number of hydrogen-bond acceptors (Lipinski definition) is 4. The highest BCUT2D eigenvalue weighted by Gasteiger charge is 2.11. The Balaban J connectivity index is 2.84. The molecule has 66 valence electrons. The minimum Gasteiger partial charge on any atom is -0.478 e. The zero-order valence-corrected chi connectivity index (χ0v) is 7.34. The second-order valence-electron chi connectivity index (χ2n) is 2.57. The number of carboxylic acid groups (broad SMARTS) is 1. The maximum atomic E-state index is 10.8. The first-order chi connectivity index (χ1) is 6.18. The monoisotopic (exact) mass is 194 g/mol. The highest BCUT2D eigenvalue weighted by molar-refractivity contribution is 7.16. The first-order valence-electron chi connectivity index (χ1n) is 3.54. The summed E-state index contributed by atoms with van der Waals surface area (Å²) in [6.07, 6.45) is 0. The predicted octanol–water partition coefficient (Wildman–Crippen LogP) is 1.58. The Morgan fingerprint density at radius 1 is 1.54 bits per heavy atom. The zero-order chi connectivity index (χ0) is 9.42. The predicted molar refractivity (Wildman–Crippen MR) is 51.0 cm³/mol. The molecule has 0 unspecified atom stereocenters. The van der Waals surface area contributed by atoms with Crippen molar-refractivity contribution in [2.75, 3.05) is 5.73 Å². The summed E-state index contributed by atoms with van der Waals surface area (Å²) < 4.78 is 0.803. The maximum absolute atomic E-state index is 10.8. The number of benzene rings is 1. The van der Waals surface area contributed by atoms with Gasteiger partial charge in [-0.15, -0.1) is 11.3 Å². The third kappa shape index (κ3) is 1.23. The van der Waals surface area contributed by atoms with Crippen molar-refractivity contribution in [3.63, 3.8) is 0 Å². The molecule has 0 fully saturated rings. The number of carbonyl (C=O) groups is 1. The molecule has 3 N–H and O–H groups in total. The van der Waals surface area contributed by atoms with Crippen molar-refractivity contribution < 1.29 is 9.90 Å². The molecule has 2 aromatic rings. The van der Waals surface area contributed by atoms with Crippen LogP contribution in [0.5, 0.6) is 0 Å². The highest BCUT2D eigenvalue weighted by Crippen LogP contribution is 2.24. The standard InChI is InChI=1S/C8H6N2O2S/c9-4-1-5(8(11)12)7-6(2-4)13-3-10-7/h1-3H,9H2,(H,11,12). The minimum atomic E-state index is -0.997. The van der Waals surface area contributed by atoms with Gasteiger partial charge in [-0.3, -0.25) is 0 Å². The van der Waals surface area contributed by atoms with E-state index in [4.69, 9.17) is 10.8 Å². The molecule has 1 aromatic carbocycles. The highest BCUT2D eigenvalue weighted by atomic mass is 32.1.